The first-order chi connectivity index (χ1) is 19.2. The highest BCUT2D eigenvalue weighted by Gasteiger charge is 2.28. The zero-order chi connectivity index (χ0) is 28.5. The molecule has 0 aliphatic carbocycles. The molecule has 0 aromatic heterocycles. The van der Waals surface area contributed by atoms with Gasteiger partial charge in [-0.2, -0.15) is 13.2 Å². The Balaban J connectivity index is 1.38. The predicted molar refractivity (Wildman–Crippen MR) is 149 cm³/mol. The number of ether oxygens (including phenoxy) is 2. The first-order valence-corrected chi connectivity index (χ1v) is 13.7. The van der Waals surface area contributed by atoms with Crippen LogP contribution < -0.4 is 9.47 Å². The highest BCUT2D eigenvalue weighted by Crippen LogP contribution is 2.31. The molecular weight excluding hydrogens is 523 g/mol. The minimum atomic E-state index is -4.40. The minimum absolute atomic E-state index is 0.130. The molecule has 212 valence electrons. The van der Waals surface area contributed by atoms with Gasteiger partial charge >= 0.3 is 6.18 Å². The smallest absolute Gasteiger partial charge is 0.422 e. The lowest BCUT2D eigenvalue weighted by Crippen LogP contribution is -2.19. The summed E-state index contributed by atoms with van der Waals surface area (Å²) >= 11 is 0. The van der Waals surface area contributed by atoms with Crippen molar-refractivity contribution in [1.29, 1.82) is 0 Å². The van der Waals surface area contributed by atoms with E-state index in [1.807, 2.05) is 6.07 Å². The highest BCUT2D eigenvalue weighted by molar-refractivity contribution is 5.88. The highest BCUT2D eigenvalue weighted by atomic mass is 19.4. The molecule has 0 bridgehead atoms. The van der Waals surface area contributed by atoms with Crippen LogP contribution in [-0.4, -0.2) is 19.4 Å². The van der Waals surface area contributed by atoms with E-state index in [1.54, 1.807) is 48.5 Å². The first kappa shape index (κ1) is 29.4. The van der Waals surface area contributed by atoms with Gasteiger partial charge in [-0.1, -0.05) is 69.0 Å². The summed E-state index contributed by atoms with van der Waals surface area (Å²) in [5, 5.41) is 1.11. The average molecular weight is 557 g/mol. The van der Waals surface area contributed by atoms with Crippen LogP contribution in [0.4, 0.5) is 22.0 Å². The molecule has 4 aromatic carbocycles. The molecule has 4 aromatic rings. The van der Waals surface area contributed by atoms with Crippen molar-refractivity contribution in [1.82, 2.24) is 0 Å². The fourth-order valence-corrected chi connectivity index (χ4v) is 4.61. The van der Waals surface area contributed by atoms with Gasteiger partial charge in [-0.15, -0.1) is 0 Å². The maximum atomic E-state index is 15.3. The first-order valence-electron chi connectivity index (χ1n) is 13.7. The van der Waals surface area contributed by atoms with E-state index in [4.69, 9.17) is 9.47 Å². The molecule has 0 amide bonds. The summed E-state index contributed by atoms with van der Waals surface area (Å²) in [6, 6.07) is 19.8. The number of rotatable bonds is 13. The van der Waals surface area contributed by atoms with Gasteiger partial charge in [0.1, 0.15) is 23.1 Å². The Kier molecular flexibility index (Phi) is 10.0. The summed E-state index contributed by atoms with van der Waals surface area (Å²) in [7, 11) is 0. The van der Waals surface area contributed by atoms with E-state index in [0.717, 1.165) is 18.4 Å². The van der Waals surface area contributed by atoms with Gasteiger partial charge in [0, 0.05) is 17.0 Å². The van der Waals surface area contributed by atoms with E-state index in [0.29, 0.717) is 52.7 Å². The Morgan fingerprint density at radius 3 is 2.17 bits per heavy atom. The Bertz CT molecular complexity index is 1400. The maximum absolute atomic E-state index is 15.3. The van der Waals surface area contributed by atoms with Crippen molar-refractivity contribution in [2.24, 2.45) is 0 Å². The molecule has 0 atom stereocenters. The van der Waals surface area contributed by atoms with Gasteiger partial charge in [-0.3, -0.25) is 0 Å². The van der Waals surface area contributed by atoms with Gasteiger partial charge in [0.2, 0.25) is 0 Å². The van der Waals surface area contributed by atoms with Crippen LogP contribution in [0.1, 0.15) is 50.2 Å². The van der Waals surface area contributed by atoms with E-state index < -0.39 is 18.6 Å². The second-order valence-corrected chi connectivity index (χ2v) is 9.93. The van der Waals surface area contributed by atoms with Gasteiger partial charge in [0.25, 0.3) is 0 Å². The van der Waals surface area contributed by atoms with Crippen LogP contribution in [0, 0.1) is 11.6 Å². The fourth-order valence-electron chi connectivity index (χ4n) is 4.61. The molecule has 0 fully saturated rings. The molecule has 0 aliphatic heterocycles. The Labute approximate surface area is 231 Å². The van der Waals surface area contributed by atoms with Crippen LogP contribution in [-0.2, 0) is 12.8 Å². The quantitative estimate of drug-likeness (QED) is 0.121. The third-order valence-electron chi connectivity index (χ3n) is 6.81. The molecule has 0 heterocycles. The van der Waals surface area contributed by atoms with Gasteiger partial charge in [0.05, 0.1) is 6.61 Å². The number of alkyl halides is 3. The monoisotopic (exact) mass is 556 g/mol. The van der Waals surface area contributed by atoms with Crippen LogP contribution in [0.2, 0.25) is 0 Å². The lowest BCUT2D eigenvalue weighted by atomic mass is 9.97. The van der Waals surface area contributed by atoms with Crippen LogP contribution in [0.25, 0.3) is 21.9 Å². The van der Waals surface area contributed by atoms with Crippen molar-refractivity contribution in [3.05, 3.63) is 95.6 Å². The van der Waals surface area contributed by atoms with Crippen molar-refractivity contribution in [2.75, 3.05) is 13.2 Å². The maximum Gasteiger partial charge on any atom is 0.422 e. The summed E-state index contributed by atoms with van der Waals surface area (Å²) in [5.41, 5.74) is 2.45. The van der Waals surface area contributed by atoms with Crippen molar-refractivity contribution in [3.8, 4) is 22.6 Å². The predicted octanol–water partition coefficient (Wildman–Crippen LogP) is 9.86. The average Bonchev–Trinajstić information content (AvgIpc) is 2.93. The topological polar surface area (TPSA) is 18.5 Å². The standard InChI is InChI=1S/C33H33F5O2/c1-2-3-4-5-6-19-39-28-16-18-29(31(34)21-28)25-13-17-30-26(20-25)12-11-24(32(30)35)10-7-23-8-14-27(15-9-23)40-22-33(36,37)38/h8-9,11-18,20-21H,2-7,10,19,22H2,1H3. The van der Waals surface area contributed by atoms with E-state index >= 15 is 4.39 Å². The Hall–Kier alpha value is -3.61. The second-order valence-electron chi connectivity index (χ2n) is 9.93. The SMILES string of the molecule is CCCCCCCOc1ccc(-c2ccc3c(F)c(CCc4ccc(OCC(F)(F)F)cc4)ccc3c2)c(F)c1. The normalized spacial score (nSPS) is 11.7. The second kappa shape index (κ2) is 13.6. The summed E-state index contributed by atoms with van der Waals surface area (Å²) in [5.74, 6) is -0.103. The lowest BCUT2D eigenvalue weighted by molar-refractivity contribution is -0.153. The van der Waals surface area contributed by atoms with Crippen molar-refractivity contribution < 1.29 is 31.4 Å². The molecule has 0 spiro atoms. The minimum Gasteiger partial charge on any atom is -0.493 e. The van der Waals surface area contributed by atoms with Crippen molar-refractivity contribution in [3.63, 3.8) is 0 Å². The third-order valence-corrected chi connectivity index (χ3v) is 6.81. The van der Waals surface area contributed by atoms with Crippen LogP contribution in [0.3, 0.4) is 0 Å². The number of aryl methyl sites for hydroxylation is 2. The zero-order valence-corrected chi connectivity index (χ0v) is 22.5. The summed E-state index contributed by atoms with van der Waals surface area (Å²) in [6.07, 6.45) is 2.15. The Morgan fingerprint density at radius 2 is 1.45 bits per heavy atom. The van der Waals surface area contributed by atoms with Gasteiger partial charge < -0.3 is 9.47 Å². The van der Waals surface area contributed by atoms with Crippen LogP contribution in [0.15, 0.2) is 72.8 Å². The molecular formula is C33H33F5O2. The molecule has 7 heteroatoms. The molecule has 0 aliphatic rings. The molecule has 40 heavy (non-hydrogen) atoms. The van der Waals surface area contributed by atoms with E-state index in [-0.39, 0.29) is 11.6 Å². The largest absolute Gasteiger partial charge is 0.493 e. The zero-order valence-electron chi connectivity index (χ0n) is 22.5. The van der Waals surface area contributed by atoms with E-state index in [9.17, 15) is 17.6 Å². The van der Waals surface area contributed by atoms with Gasteiger partial charge in [-0.05, 0) is 71.7 Å². The molecule has 2 nitrogen and oxygen atoms in total. The molecule has 4 rings (SSSR count). The van der Waals surface area contributed by atoms with Crippen LogP contribution >= 0.6 is 0 Å². The molecule has 0 radical (unpaired) electrons. The number of unbranched alkanes of at least 4 members (excludes halogenated alkanes) is 4. The van der Waals surface area contributed by atoms with Crippen LogP contribution in [0.5, 0.6) is 11.5 Å². The Morgan fingerprint density at radius 1 is 0.700 bits per heavy atom. The van der Waals surface area contributed by atoms with Crippen molar-refractivity contribution in [2.45, 2.75) is 58.0 Å². The van der Waals surface area contributed by atoms with Crippen molar-refractivity contribution >= 4 is 10.8 Å². The summed E-state index contributed by atoms with van der Waals surface area (Å²) in [4.78, 5) is 0. The molecule has 0 N–H and O–H groups in total. The number of hydrogen-bond acceptors (Lipinski definition) is 2. The molecule has 0 saturated carbocycles. The number of hydrogen-bond donors (Lipinski definition) is 0. The fraction of sp³-hybridized carbons (Fsp3) is 0.333. The number of halogens is 5. The number of benzene rings is 4. The van der Waals surface area contributed by atoms with E-state index in [1.165, 1.54) is 37.5 Å². The summed E-state index contributed by atoms with van der Waals surface area (Å²) in [6.45, 7) is 1.38. The van der Waals surface area contributed by atoms with E-state index in [2.05, 4.69) is 6.92 Å². The summed E-state index contributed by atoms with van der Waals surface area (Å²) < 4.78 is 77.6. The van der Waals surface area contributed by atoms with Gasteiger partial charge in [0.15, 0.2) is 6.61 Å². The number of fused-ring (bicyclic) bond motifs is 1. The van der Waals surface area contributed by atoms with Gasteiger partial charge in [-0.25, -0.2) is 8.78 Å². The third kappa shape index (κ3) is 8.20. The lowest BCUT2D eigenvalue weighted by Gasteiger charge is -2.11. The molecule has 0 unspecified atom stereocenters. The molecule has 0 saturated heterocycles.